The summed E-state index contributed by atoms with van der Waals surface area (Å²) in [7, 11) is 0. The second-order valence-electron chi connectivity index (χ2n) is 6.51. The Labute approximate surface area is 164 Å². The van der Waals surface area contributed by atoms with Gasteiger partial charge in [0.05, 0.1) is 5.69 Å². The van der Waals surface area contributed by atoms with Crippen molar-refractivity contribution in [2.75, 3.05) is 18.4 Å². The van der Waals surface area contributed by atoms with Crippen molar-refractivity contribution in [1.29, 1.82) is 0 Å². The SMILES string of the molecule is Cc1cc(C)n(-c2cc(NCCNC(=O)/C=C/c3ccccc3C)ncn2)n1. The van der Waals surface area contributed by atoms with E-state index in [0.717, 1.165) is 22.5 Å². The molecule has 2 N–H and O–H groups in total. The highest BCUT2D eigenvalue weighted by molar-refractivity contribution is 5.91. The maximum Gasteiger partial charge on any atom is 0.244 e. The van der Waals surface area contributed by atoms with E-state index >= 15 is 0 Å². The number of carbonyl (C=O) groups is 1. The lowest BCUT2D eigenvalue weighted by molar-refractivity contribution is -0.116. The monoisotopic (exact) mass is 376 g/mol. The minimum absolute atomic E-state index is 0.129. The second-order valence-corrected chi connectivity index (χ2v) is 6.51. The Kier molecular flexibility index (Phi) is 6.16. The van der Waals surface area contributed by atoms with Gasteiger partial charge in [-0.2, -0.15) is 5.10 Å². The number of amides is 1. The van der Waals surface area contributed by atoms with Crippen molar-refractivity contribution < 1.29 is 4.79 Å². The van der Waals surface area contributed by atoms with E-state index < -0.39 is 0 Å². The van der Waals surface area contributed by atoms with E-state index in [2.05, 4.69) is 25.7 Å². The predicted octanol–water partition coefficient (Wildman–Crippen LogP) is 2.83. The smallest absolute Gasteiger partial charge is 0.244 e. The van der Waals surface area contributed by atoms with Gasteiger partial charge in [0, 0.05) is 30.9 Å². The van der Waals surface area contributed by atoms with Gasteiger partial charge in [0.25, 0.3) is 0 Å². The number of rotatable bonds is 7. The number of carbonyl (C=O) groups excluding carboxylic acids is 1. The molecular weight excluding hydrogens is 352 g/mol. The highest BCUT2D eigenvalue weighted by Gasteiger charge is 2.06. The molecule has 0 bridgehead atoms. The van der Waals surface area contributed by atoms with Crippen LogP contribution in [0.15, 0.2) is 48.8 Å². The van der Waals surface area contributed by atoms with Crippen LogP contribution in [-0.2, 0) is 4.79 Å². The Balaban J connectivity index is 1.49. The lowest BCUT2D eigenvalue weighted by Crippen LogP contribution is -2.27. The Morgan fingerprint density at radius 2 is 1.93 bits per heavy atom. The van der Waals surface area contributed by atoms with Crippen LogP contribution in [-0.4, -0.2) is 38.7 Å². The van der Waals surface area contributed by atoms with Gasteiger partial charge in [0.1, 0.15) is 12.1 Å². The minimum atomic E-state index is -0.129. The number of anilines is 1. The van der Waals surface area contributed by atoms with Crippen molar-refractivity contribution in [3.8, 4) is 5.82 Å². The van der Waals surface area contributed by atoms with Crippen LogP contribution in [0.25, 0.3) is 11.9 Å². The summed E-state index contributed by atoms with van der Waals surface area (Å²) in [5.41, 5.74) is 4.12. The zero-order valence-corrected chi connectivity index (χ0v) is 16.3. The highest BCUT2D eigenvalue weighted by atomic mass is 16.1. The molecule has 3 aromatic rings. The zero-order valence-electron chi connectivity index (χ0n) is 16.3. The normalized spacial score (nSPS) is 11.0. The van der Waals surface area contributed by atoms with Crippen molar-refractivity contribution in [3.05, 3.63) is 71.3 Å². The van der Waals surface area contributed by atoms with Crippen LogP contribution in [0, 0.1) is 20.8 Å². The van der Waals surface area contributed by atoms with E-state index in [1.54, 1.807) is 10.8 Å². The van der Waals surface area contributed by atoms with Crippen molar-refractivity contribution in [2.45, 2.75) is 20.8 Å². The molecule has 1 amide bonds. The van der Waals surface area contributed by atoms with Crippen LogP contribution in [0.4, 0.5) is 5.82 Å². The predicted molar refractivity (Wildman–Crippen MR) is 110 cm³/mol. The minimum Gasteiger partial charge on any atom is -0.368 e. The molecule has 2 heterocycles. The maximum atomic E-state index is 12.0. The van der Waals surface area contributed by atoms with Gasteiger partial charge in [-0.1, -0.05) is 24.3 Å². The summed E-state index contributed by atoms with van der Waals surface area (Å²) in [6, 6.07) is 11.8. The number of hydrogen-bond acceptors (Lipinski definition) is 5. The van der Waals surface area contributed by atoms with Crippen LogP contribution < -0.4 is 10.6 Å². The summed E-state index contributed by atoms with van der Waals surface area (Å²) in [5.74, 6) is 1.26. The molecule has 0 fully saturated rings. The highest BCUT2D eigenvalue weighted by Crippen LogP contribution is 2.12. The molecule has 0 spiro atoms. The molecular formula is C21H24N6O. The number of benzene rings is 1. The largest absolute Gasteiger partial charge is 0.368 e. The molecule has 3 rings (SSSR count). The molecule has 0 saturated carbocycles. The zero-order chi connectivity index (χ0) is 19.9. The lowest BCUT2D eigenvalue weighted by atomic mass is 10.1. The Morgan fingerprint density at radius 3 is 2.68 bits per heavy atom. The van der Waals surface area contributed by atoms with Crippen molar-refractivity contribution >= 4 is 17.8 Å². The summed E-state index contributed by atoms with van der Waals surface area (Å²) >= 11 is 0. The summed E-state index contributed by atoms with van der Waals surface area (Å²) in [6.07, 6.45) is 4.87. The fraction of sp³-hybridized carbons (Fsp3) is 0.238. The van der Waals surface area contributed by atoms with E-state index in [1.165, 1.54) is 6.33 Å². The first-order valence-electron chi connectivity index (χ1n) is 9.14. The maximum absolute atomic E-state index is 12.0. The summed E-state index contributed by atoms with van der Waals surface area (Å²) in [6.45, 7) is 6.98. The van der Waals surface area contributed by atoms with Crippen LogP contribution >= 0.6 is 0 Å². The molecule has 7 heteroatoms. The number of aromatic nitrogens is 4. The summed E-state index contributed by atoms with van der Waals surface area (Å²) < 4.78 is 1.78. The molecule has 0 saturated heterocycles. The Morgan fingerprint density at radius 1 is 1.11 bits per heavy atom. The van der Waals surface area contributed by atoms with Gasteiger partial charge >= 0.3 is 0 Å². The molecule has 0 aliphatic carbocycles. The van der Waals surface area contributed by atoms with Gasteiger partial charge in [0.2, 0.25) is 5.91 Å². The first-order chi connectivity index (χ1) is 13.5. The Hall–Kier alpha value is -3.48. The fourth-order valence-electron chi connectivity index (χ4n) is 2.79. The molecule has 0 aliphatic heterocycles. The molecule has 1 aromatic carbocycles. The van der Waals surface area contributed by atoms with Crippen molar-refractivity contribution in [3.63, 3.8) is 0 Å². The third-order valence-corrected chi connectivity index (χ3v) is 4.21. The molecule has 0 aliphatic rings. The quantitative estimate of drug-likeness (QED) is 0.489. The van der Waals surface area contributed by atoms with E-state index in [4.69, 9.17) is 0 Å². The molecule has 7 nitrogen and oxygen atoms in total. The lowest BCUT2D eigenvalue weighted by Gasteiger charge is -2.08. The second kappa shape index (κ2) is 8.94. The summed E-state index contributed by atoms with van der Waals surface area (Å²) in [5, 5.41) is 10.5. The van der Waals surface area contributed by atoms with Crippen molar-refractivity contribution in [1.82, 2.24) is 25.1 Å². The number of hydrogen-bond donors (Lipinski definition) is 2. The Bertz CT molecular complexity index is 992. The average molecular weight is 376 g/mol. The first kappa shape index (κ1) is 19.3. The van der Waals surface area contributed by atoms with Crippen LogP contribution in [0.5, 0.6) is 0 Å². The average Bonchev–Trinajstić information content (AvgIpc) is 3.03. The van der Waals surface area contributed by atoms with E-state index in [0.29, 0.717) is 24.7 Å². The van der Waals surface area contributed by atoms with Gasteiger partial charge in [-0.25, -0.2) is 14.6 Å². The molecule has 144 valence electrons. The summed E-state index contributed by atoms with van der Waals surface area (Å²) in [4.78, 5) is 20.4. The van der Waals surface area contributed by atoms with Gasteiger partial charge in [-0.05, 0) is 44.0 Å². The van der Waals surface area contributed by atoms with Gasteiger partial charge < -0.3 is 10.6 Å². The van der Waals surface area contributed by atoms with Gasteiger partial charge in [0.15, 0.2) is 5.82 Å². The molecule has 0 atom stereocenters. The van der Waals surface area contributed by atoms with E-state index in [-0.39, 0.29) is 5.91 Å². The number of aryl methyl sites for hydroxylation is 3. The molecule has 28 heavy (non-hydrogen) atoms. The molecule has 0 unspecified atom stereocenters. The third-order valence-electron chi connectivity index (χ3n) is 4.21. The molecule has 0 radical (unpaired) electrons. The fourth-order valence-corrected chi connectivity index (χ4v) is 2.79. The standard InChI is InChI=1S/C21H24N6O/c1-15-6-4-5-7-18(15)8-9-21(28)23-11-10-22-19-13-20(25-14-24-19)27-17(3)12-16(2)26-27/h4-9,12-14H,10-11H2,1-3H3,(H,23,28)(H,22,24,25)/b9-8+. The van der Waals surface area contributed by atoms with E-state index in [9.17, 15) is 4.79 Å². The van der Waals surface area contributed by atoms with Crippen molar-refractivity contribution in [2.24, 2.45) is 0 Å². The van der Waals surface area contributed by atoms with Gasteiger partial charge in [-0.3, -0.25) is 4.79 Å². The number of nitrogens with one attached hydrogen (secondary N) is 2. The first-order valence-corrected chi connectivity index (χ1v) is 9.14. The van der Waals surface area contributed by atoms with Crippen LogP contribution in [0.1, 0.15) is 22.5 Å². The van der Waals surface area contributed by atoms with Crippen LogP contribution in [0.3, 0.4) is 0 Å². The van der Waals surface area contributed by atoms with E-state index in [1.807, 2.05) is 63.2 Å². The number of nitrogens with zero attached hydrogens (tertiary/aromatic N) is 4. The topological polar surface area (TPSA) is 84.7 Å². The molecule has 2 aromatic heterocycles. The third kappa shape index (κ3) is 5.03. The van der Waals surface area contributed by atoms with Gasteiger partial charge in [-0.15, -0.1) is 0 Å². The van der Waals surface area contributed by atoms with Crippen LogP contribution in [0.2, 0.25) is 0 Å².